The molecule has 0 radical (unpaired) electrons. The van der Waals surface area contributed by atoms with Crippen LogP contribution < -0.4 is 0 Å². The Kier molecular flexibility index (Phi) is 2.99. The van der Waals surface area contributed by atoms with E-state index in [1.807, 2.05) is 6.07 Å². The Balaban J connectivity index is 2.74. The number of fused-ring (bicyclic) bond motifs is 1. The molecule has 1 aromatic carbocycles. The molecule has 5 heteroatoms. The third-order valence-electron chi connectivity index (χ3n) is 1.91. The zero-order chi connectivity index (χ0) is 10.3. The summed E-state index contributed by atoms with van der Waals surface area (Å²) in [7, 11) is 0. The molecule has 0 aliphatic heterocycles. The molecule has 0 saturated heterocycles. The molecule has 14 heavy (non-hydrogen) atoms. The predicted molar refractivity (Wildman–Crippen MR) is 66.8 cm³/mol. The van der Waals surface area contributed by atoms with Gasteiger partial charge in [-0.05, 0) is 34.7 Å². The summed E-state index contributed by atoms with van der Waals surface area (Å²) >= 11 is 7.90. The normalized spacial score (nSPS) is 11.5. The molecule has 0 atom stereocenters. The molecule has 0 amide bonds. The van der Waals surface area contributed by atoms with E-state index in [9.17, 15) is 8.78 Å². The smallest absolute Gasteiger partial charge is 0.205 e. The molecule has 74 valence electrons. The second-order valence-electron chi connectivity index (χ2n) is 2.77. The number of thiol groups is 1. The fourth-order valence-electron chi connectivity index (χ4n) is 1.26. The van der Waals surface area contributed by atoms with Crippen LogP contribution in [0.15, 0.2) is 23.1 Å². The highest BCUT2D eigenvalue weighted by atomic mass is 127. The first kappa shape index (κ1) is 10.6. The van der Waals surface area contributed by atoms with Crippen LogP contribution in [-0.4, -0.2) is 0 Å². The summed E-state index contributed by atoms with van der Waals surface area (Å²) in [6.45, 7) is 0. The van der Waals surface area contributed by atoms with Gasteiger partial charge in [0.25, 0.3) is 6.43 Å². The highest BCUT2D eigenvalue weighted by Gasteiger charge is 2.14. The van der Waals surface area contributed by atoms with Gasteiger partial charge in [-0.3, -0.25) is 0 Å². The molecule has 0 spiro atoms. The van der Waals surface area contributed by atoms with Crippen molar-refractivity contribution in [1.29, 1.82) is 0 Å². The largest absolute Gasteiger partial charge is 0.264 e. The average molecular weight is 342 g/mol. The number of hydrogen-bond donors (Lipinski definition) is 1. The van der Waals surface area contributed by atoms with E-state index < -0.39 is 6.43 Å². The fraction of sp³-hybridized carbons (Fsp3) is 0.111. The highest BCUT2D eigenvalue weighted by molar-refractivity contribution is 14.1. The fourth-order valence-corrected chi connectivity index (χ4v) is 3.51. The Morgan fingerprint density at radius 2 is 2.07 bits per heavy atom. The Labute approximate surface area is 103 Å². The number of rotatable bonds is 1. The Bertz CT molecular complexity index is 479. The van der Waals surface area contributed by atoms with Crippen molar-refractivity contribution >= 4 is 56.6 Å². The van der Waals surface area contributed by atoms with Crippen LogP contribution in [0.3, 0.4) is 0 Å². The van der Waals surface area contributed by atoms with Gasteiger partial charge in [0.1, 0.15) is 0 Å². The zero-order valence-electron chi connectivity index (χ0n) is 6.80. The average Bonchev–Trinajstić information content (AvgIpc) is 2.46. The summed E-state index contributed by atoms with van der Waals surface area (Å²) < 4.78 is 27.1. The van der Waals surface area contributed by atoms with Crippen LogP contribution in [-0.2, 0) is 0 Å². The summed E-state index contributed by atoms with van der Waals surface area (Å²) in [5.41, 5.74) is 0.00929. The molecule has 0 aliphatic carbocycles. The first-order valence-electron chi connectivity index (χ1n) is 3.78. The molecular formula is C9H5F2IS2. The molecule has 0 fully saturated rings. The lowest BCUT2D eigenvalue weighted by Crippen LogP contribution is -1.85. The van der Waals surface area contributed by atoms with Gasteiger partial charge >= 0.3 is 0 Å². The van der Waals surface area contributed by atoms with E-state index in [2.05, 4.69) is 35.2 Å². The standard InChI is InChI=1S/C9H5F2IS2/c10-9(11)4-1-2-6-5(8(4)13)3-7(12)14-6/h1-3,9,13H. The maximum atomic E-state index is 12.5. The molecule has 0 unspecified atom stereocenters. The topological polar surface area (TPSA) is 0 Å². The van der Waals surface area contributed by atoms with Gasteiger partial charge in [-0.15, -0.1) is 24.0 Å². The Hall–Kier alpha value is 0.120. The third kappa shape index (κ3) is 1.77. The van der Waals surface area contributed by atoms with E-state index in [0.29, 0.717) is 4.90 Å². The van der Waals surface area contributed by atoms with Gasteiger partial charge in [-0.2, -0.15) is 0 Å². The Morgan fingerprint density at radius 1 is 1.36 bits per heavy atom. The van der Waals surface area contributed by atoms with Crippen LogP contribution in [0.1, 0.15) is 12.0 Å². The van der Waals surface area contributed by atoms with E-state index >= 15 is 0 Å². The van der Waals surface area contributed by atoms with Gasteiger partial charge in [0.2, 0.25) is 0 Å². The molecular weight excluding hydrogens is 337 g/mol. The quantitative estimate of drug-likeness (QED) is 0.562. The third-order valence-corrected chi connectivity index (χ3v) is 4.27. The van der Waals surface area contributed by atoms with Crippen molar-refractivity contribution in [2.45, 2.75) is 11.3 Å². The van der Waals surface area contributed by atoms with Gasteiger partial charge in [0, 0.05) is 20.5 Å². The summed E-state index contributed by atoms with van der Waals surface area (Å²) in [6.07, 6.45) is -2.45. The van der Waals surface area contributed by atoms with Gasteiger partial charge < -0.3 is 0 Å². The van der Waals surface area contributed by atoms with E-state index in [1.54, 1.807) is 17.4 Å². The van der Waals surface area contributed by atoms with Crippen molar-refractivity contribution in [3.63, 3.8) is 0 Å². The van der Waals surface area contributed by atoms with E-state index in [0.717, 1.165) is 13.0 Å². The molecule has 1 aromatic heterocycles. The van der Waals surface area contributed by atoms with Crippen molar-refractivity contribution in [2.75, 3.05) is 0 Å². The lowest BCUT2D eigenvalue weighted by atomic mass is 10.2. The van der Waals surface area contributed by atoms with Crippen molar-refractivity contribution in [1.82, 2.24) is 0 Å². The van der Waals surface area contributed by atoms with E-state index in [-0.39, 0.29) is 5.56 Å². The lowest BCUT2D eigenvalue weighted by Gasteiger charge is -2.03. The minimum atomic E-state index is -2.45. The van der Waals surface area contributed by atoms with Crippen LogP contribution >= 0.6 is 46.6 Å². The number of thiophene rings is 1. The molecule has 0 aliphatic rings. The van der Waals surface area contributed by atoms with Crippen molar-refractivity contribution in [3.05, 3.63) is 26.6 Å². The maximum absolute atomic E-state index is 12.5. The first-order chi connectivity index (χ1) is 6.59. The van der Waals surface area contributed by atoms with Gasteiger partial charge in [0.05, 0.1) is 2.88 Å². The van der Waals surface area contributed by atoms with Crippen LogP contribution in [0.4, 0.5) is 8.78 Å². The number of alkyl halides is 2. The summed E-state index contributed by atoms with van der Waals surface area (Å²) in [6, 6.07) is 5.06. The summed E-state index contributed by atoms with van der Waals surface area (Å²) in [5.74, 6) is 0. The van der Waals surface area contributed by atoms with E-state index in [1.165, 1.54) is 6.07 Å². The predicted octanol–water partition coefficient (Wildman–Crippen LogP) is 4.73. The summed E-state index contributed by atoms with van der Waals surface area (Å²) in [5, 5.41) is 0.820. The maximum Gasteiger partial charge on any atom is 0.264 e. The van der Waals surface area contributed by atoms with Crippen molar-refractivity contribution in [3.8, 4) is 0 Å². The minimum absolute atomic E-state index is 0.00929. The van der Waals surface area contributed by atoms with Gasteiger partial charge in [-0.1, -0.05) is 6.07 Å². The molecule has 0 saturated carbocycles. The molecule has 2 rings (SSSR count). The second kappa shape index (κ2) is 3.94. The number of benzene rings is 1. The SMILES string of the molecule is FC(F)c1ccc2sc(I)cc2c1S. The van der Waals surface area contributed by atoms with Crippen LogP contribution in [0.2, 0.25) is 0 Å². The molecule has 2 aromatic rings. The van der Waals surface area contributed by atoms with Crippen LogP contribution in [0.5, 0.6) is 0 Å². The Morgan fingerprint density at radius 3 is 2.71 bits per heavy atom. The molecule has 0 bridgehead atoms. The van der Waals surface area contributed by atoms with Crippen LogP contribution in [0, 0.1) is 2.88 Å². The molecule has 0 nitrogen and oxygen atoms in total. The lowest BCUT2D eigenvalue weighted by molar-refractivity contribution is 0.148. The van der Waals surface area contributed by atoms with Gasteiger partial charge in [-0.25, -0.2) is 8.78 Å². The molecule has 0 N–H and O–H groups in total. The summed E-state index contributed by atoms with van der Waals surface area (Å²) in [4.78, 5) is 0.400. The highest BCUT2D eigenvalue weighted by Crippen LogP contribution is 2.36. The first-order valence-corrected chi connectivity index (χ1v) is 6.13. The zero-order valence-corrected chi connectivity index (χ0v) is 10.7. The minimum Gasteiger partial charge on any atom is -0.205 e. The van der Waals surface area contributed by atoms with E-state index in [4.69, 9.17) is 0 Å². The van der Waals surface area contributed by atoms with Gasteiger partial charge in [0.15, 0.2) is 0 Å². The molecule has 1 heterocycles. The second-order valence-corrected chi connectivity index (χ2v) is 6.19. The number of hydrogen-bond acceptors (Lipinski definition) is 2. The van der Waals surface area contributed by atoms with Crippen molar-refractivity contribution < 1.29 is 8.78 Å². The monoisotopic (exact) mass is 342 g/mol. The van der Waals surface area contributed by atoms with Crippen molar-refractivity contribution in [2.24, 2.45) is 0 Å². The van der Waals surface area contributed by atoms with Crippen LogP contribution in [0.25, 0.3) is 10.1 Å². The number of halogens is 3.